The number of aliphatic hydroxyl groups excluding tert-OH is 1. The molecule has 6 nitrogen and oxygen atoms in total. The van der Waals surface area contributed by atoms with E-state index < -0.39 is 29.3 Å². The fourth-order valence-electron chi connectivity index (χ4n) is 3.82. The second-order valence-corrected chi connectivity index (χ2v) is 7.86. The summed E-state index contributed by atoms with van der Waals surface area (Å²) in [5.74, 6) is -2.95. The summed E-state index contributed by atoms with van der Waals surface area (Å²) < 4.78 is 44.7. The van der Waals surface area contributed by atoms with Gasteiger partial charge in [0.15, 0.2) is 11.6 Å². The van der Waals surface area contributed by atoms with Crippen molar-refractivity contribution in [2.24, 2.45) is 0 Å². The zero-order valence-corrected chi connectivity index (χ0v) is 16.9. The number of benzene rings is 2. The molecule has 0 aliphatic carbocycles. The maximum Gasteiger partial charge on any atom is 0.182 e. The second-order valence-electron chi connectivity index (χ2n) is 7.86. The first kappa shape index (κ1) is 21.4. The van der Waals surface area contributed by atoms with E-state index in [1.54, 1.807) is 29.4 Å². The van der Waals surface area contributed by atoms with Crippen LogP contribution >= 0.6 is 0 Å². The molecule has 4 rings (SSSR count). The number of anilines is 2. The van der Waals surface area contributed by atoms with Crippen LogP contribution in [0.2, 0.25) is 0 Å². The molecule has 1 saturated heterocycles. The highest BCUT2D eigenvalue weighted by Crippen LogP contribution is 2.37. The average Bonchev–Trinajstić information content (AvgIpc) is 3.23. The first-order chi connectivity index (χ1) is 14.8. The molecule has 1 aliphatic rings. The van der Waals surface area contributed by atoms with Crippen LogP contribution in [-0.2, 0) is 13.0 Å². The number of halogens is 3. The standard InChI is InChI=1S/C22H23F3N4O2/c1-2-14-3-6-18(17(24)9-14)27-20-15(4-5-16(23)19(20)25)21(30)29-11-22(31,12-29)10-28-8-7-26-13-28/h3-9,13,21,27,30-31H,2,10-12H2,1H3. The van der Waals surface area contributed by atoms with Gasteiger partial charge in [-0.3, -0.25) is 4.90 Å². The third-order valence-corrected chi connectivity index (χ3v) is 5.48. The summed E-state index contributed by atoms with van der Waals surface area (Å²) in [6.07, 6.45) is 4.20. The molecule has 2 heterocycles. The number of nitrogens with zero attached hydrogens (tertiary/aromatic N) is 3. The molecule has 0 spiro atoms. The molecule has 0 amide bonds. The van der Waals surface area contributed by atoms with Crippen molar-refractivity contribution in [2.45, 2.75) is 31.7 Å². The topological polar surface area (TPSA) is 73.6 Å². The lowest BCUT2D eigenvalue weighted by Gasteiger charge is -2.48. The monoisotopic (exact) mass is 432 g/mol. The van der Waals surface area contributed by atoms with Crippen LogP contribution in [0.3, 0.4) is 0 Å². The molecule has 0 bridgehead atoms. The Bertz CT molecular complexity index is 1070. The molecule has 0 saturated carbocycles. The van der Waals surface area contributed by atoms with Crippen LogP contribution in [0.4, 0.5) is 24.5 Å². The molecule has 2 aromatic carbocycles. The minimum Gasteiger partial charge on any atom is -0.385 e. The van der Waals surface area contributed by atoms with Crippen LogP contribution in [0.15, 0.2) is 49.1 Å². The lowest BCUT2D eigenvalue weighted by molar-refractivity contribution is -0.168. The number of likely N-dealkylation sites (tertiary alicyclic amines) is 1. The van der Waals surface area contributed by atoms with Crippen molar-refractivity contribution in [3.8, 4) is 0 Å². The summed E-state index contributed by atoms with van der Waals surface area (Å²) in [5.41, 5.74) is -0.657. The van der Waals surface area contributed by atoms with Gasteiger partial charge >= 0.3 is 0 Å². The van der Waals surface area contributed by atoms with Gasteiger partial charge in [-0.1, -0.05) is 13.0 Å². The highest BCUT2D eigenvalue weighted by molar-refractivity contribution is 5.65. The van der Waals surface area contributed by atoms with E-state index in [1.165, 1.54) is 23.1 Å². The Morgan fingerprint density at radius 3 is 2.58 bits per heavy atom. The highest BCUT2D eigenvalue weighted by atomic mass is 19.2. The zero-order valence-electron chi connectivity index (χ0n) is 16.9. The van der Waals surface area contributed by atoms with Crippen LogP contribution in [0, 0.1) is 17.5 Å². The first-order valence-corrected chi connectivity index (χ1v) is 9.93. The minimum absolute atomic E-state index is 0.0321. The maximum absolute atomic E-state index is 14.6. The molecule has 1 atom stereocenters. The van der Waals surface area contributed by atoms with Crippen molar-refractivity contribution in [3.63, 3.8) is 0 Å². The largest absolute Gasteiger partial charge is 0.385 e. The summed E-state index contributed by atoms with van der Waals surface area (Å²) in [7, 11) is 0. The van der Waals surface area contributed by atoms with Gasteiger partial charge in [0, 0.05) is 31.0 Å². The number of nitrogens with one attached hydrogen (secondary N) is 1. The Morgan fingerprint density at radius 1 is 1.16 bits per heavy atom. The number of aryl methyl sites for hydroxylation is 1. The molecule has 0 radical (unpaired) electrons. The Morgan fingerprint density at radius 2 is 1.94 bits per heavy atom. The number of β-amino-alcohol motifs (C(OH)–C–C–N with tert-alkyl or cyclic N) is 1. The fourth-order valence-corrected chi connectivity index (χ4v) is 3.82. The van der Waals surface area contributed by atoms with Crippen molar-refractivity contribution in [1.29, 1.82) is 0 Å². The van der Waals surface area contributed by atoms with E-state index in [9.17, 15) is 23.4 Å². The van der Waals surface area contributed by atoms with Gasteiger partial charge in [-0.05, 0) is 36.2 Å². The van der Waals surface area contributed by atoms with E-state index in [0.29, 0.717) is 6.42 Å². The molecule has 9 heteroatoms. The van der Waals surface area contributed by atoms with Crippen LogP contribution in [0.25, 0.3) is 0 Å². The smallest absolute Gasteiger partial charge is 0.182 e. The van der Waals surface area contributed by atoms with Crippen LogP contribution in [0.1, 0.15) is 24.3 Å². The quantitative estimate of drug-likeness (QED) is 0.534. The van der Waals surface area contributed by atoms with Gasteiger partial charge < -0.3 is 20.1 Å². The Balaban J connectivity index is 1.55. The Kier molecular flexibility index (Phi) is 5.74. The van der Waals surface area contributed by atoms with E-state index in [0.717, 1.165) is 11.6 Å². The van der Waals surface area contributed by atoms with Crippen LogP contribution < -0.4 is 5.32 Å². The lowest BCUT2D eigenvalue weighted by Crippen LogP contribution is -2.64. The lowest BCUT2D eigenvalue weighted by atomic mass is 9.92. The predicted molar refractivity (Wildman–Crippen MR) is 109 cm³/mol. The summed E-state index contributed by atoms with van der Waals surface area (Å²) in [4.78, 5) is 5.45. The zero-order chi connectivity index (χ0) is 22.2. The van der Waals surface area contributed by atoms with Crippen molar-refractivity contribution < 1.29 is 23.4 Å². The van der Waals surface area contributed by atoms with Gasteiger partial charge in [0.1, 0.15) is 17.6 Å². The number of aromatic nitrogens is 2. The average molecular weight is 432 g/mol. The summed E-state index contributed by atoms with van der Waals surface area (Å²) >= 11 is 0. The molecule has 3 N–H and O–H groups in total. The van der Waals surface area contributed by atoms with Crippen molar-refractivity contribution in [2.75, 3.05) is 18.4 Å². The molecule has 1 aromatic heterocycles. The summed E-state index contributed by atoms with van der Waals surface area (Å²) in [6.45, 7) is 2.40. The molecule has 1 fully saturated rings. The number of hydrogen-bond acceptors (Lipinski definition) is 5. The van der Waals surface area contributed by atoms with Crippen molar-refractivity contribution in [1.82, 2.24) is 14.5 Å². The van der Waals surface area contributed by atoms with Gasteiger partial charge in [-0.15, -0.1) is 0 Å². The van der Waals surface area contributed by atoms with E-state index in [4.69, 9.17) is 0 Å². The van der Waals surface area contributed by atoms with Crippen molar-refractivity contribution >= 4 is 11.4 Å². The second kappa shape index (κ2) is 8.33. The summed E-state index contributed by atoms with van der Waals surface area (Å²) in [6, 6.07) is 6.61. The van der Waals surface area contributed by atoms with Gasteiger partial charge in [-0.2, -0.15) is 0 Å². The third-order valence-electron chi connectivity index (χ3n) is 5.48. The van der Waals surface area contributed by atoms with Gasteiger partial charge in [0.25, 0.3) is 0 Å². The number of imidazole rings is 1. The molecule has 3 aromatic rings. The molecular formula is C22H23F3N4O2. The Labute approximate surface area is 177 Å². The van der Waals surface area contributed by atoms with E-state index in [-0.39, 0.29) is 36.6 Å². The number of aliphatic hydroxyl groups is 2. The predicted octanol–water partition coefficient (Wildman–Crippen LogP) is 3.34. The SMILES string of the molecule is CCc1ccc(Nc2c(C(O)N3CC(O)(Cn4ccnc4)C3)ccc(F)c2F)c(F)c1. The van der Waals surface area contributed by atoms with Crippen LogP contribution in [-0.4, -0.2) is 43.4 Å². The van der Waals surface area contributed by atoms with Gasteiger partial charge in [0.05, 0.1) is 24.2 Å². The third kappa shape index (κ3) is 4.30. The van der Waals surface area contributed by atoms with E-state index >= 15 is 0 Å². The molecule has 164 valence electrons. The first-order valence-electron chi connectivity index (χ1n) is 9.93. The number of rotatable bonds is 7. The molecule has 1 aliphatic heterocycles. The van der Waals surface area contributed by atoms with Gasteiger partial charge in [-0.25, -0.2) is 18.2 Å². The van der Waals surface area contributed by atoms with Gasteiger partial charge in [0.2, 0.25) is 0 Å². The van der Waals surface area contributed by atoms with E-state index in [1.807, 2.05) is 6.92 Å². The van der Waals surface area contributed by atoms with E-state index in [2.05, 4.69) is 10.3 Å². The normalized spacial score (nSPS) is 16.7. The Hall–Kier alpha value is -2.88. The summed E-state index contributed by atoms with van der Waals surface area (Å²) in [5, 5.41) is 24.0. The van der Waals surface area contributed by atoms with Crippen LogP contribution in [0.5, 0.6) is 0 Å². The molecular weight excluding hydrogens is 409 g/mol. The van der Waals surface area contributed by atoms with Crippen molar-refractivity contribution in [3.05, 3.63) is 77.6 Å². The number of hydrogen-bond donors (Lipinski definition) is 3. The minimum atomic E-state index is -1.32. The maximum atomic E-state index is 14.6. The molecule has 1 unspecified atom stereocenters. The molecule has 31 heavy (non-hydrogen) atoms. The fraction of sp³-hybridized carbons (Fsp3) is 0.318. The highest BCUT2D eigenvalue weighted by Gasteiger charge is 2.45.